The summed E-state index contributed by atoms with van der Waals surface area (Å²) in [5.74, 6) is -1.27. The number of amides is 1. The van der Waals surface area contributed by atoms with Crippen LogP contribution in [0.1, 0.15) is 155 Å². The highest BCUT2D eigenvalue weighted by molar-refractivity contribution is 7.85. The molecule has 10 heteroatoms. The molecule has 1 atom stereocenters. The zero-order valence-corrected chi connectivity index (χ0v) is 30.2. The summed E-state index contributed by atoms with van der Waals surface area (Å²) in [6.45, 7) is 4.53. The summed E-state index contributed by atoms with van der Waals surface area (Å²) in [4.78, 5) is 37.1. The van der Waals surface area contributed by atoms with Gasteiger partial charge in [-0.05, 0) is 38.5 Å². The maximum atomic E-state index is 12.8. The topological polar surface area (TPSA) is 127 Å². The molecule has 9 nitrogen and oxygen atoms in total. The summed E-state index contributed by atoms with van der Waals surface area (Å²) < 4.78 is 36.3. The number of ketones is 1. The summed E-state index contributed by atoms with van der Waals surface area (Å²) >= 11 is 0. The highest BCUT2D eigenvalue weighted by Gasteiger charge is 2.26. The van der Waals surface area contributed by atoms with Gasteiger partial charge in [-0.25, -0.2) is 0 Å². The molecule has 1 amide bonds. The first kappa shape index (κ1) is 43.5. The molecule has 266 valence electrons. The Labute approximate surface area is 276 Å². The molecule has 0 aliphatic heterocycles. The molecule has 0 saturated heterocycles. The monoisotopic (exact) mass is 661 g/mol. The third-order valence-electron chi connectivity index (χ3n) is 8.73. The van der Waals surface area contributed by atoms with Crippen molar-refractivity contribution in [3.8, 4) is 0 Å². The fourth-order valence-corrected chi connectivity index (χ4v) is 6.29. The third-order valence-corrected chi connectivity index (χ3v) is 9.53. The van der Waals surface area contributed by atoms with Crippen LogP contribution in [0.15, 0.2) is 0 Å². The number of carbonyl (C=O) groups is 3. The first-order valence-corrected chi connectivity index (χ1v) is 19.7. The van der Waals surface area contributed by atoms with Gasteiger partial charge in [0, 0.05) is 25.8 Å². The number of rotatable bonds is 32. The molecule has 0 aliphatic rings. The molecule has 0 fully saturated rings. The molecule has 45 heavy (non-hydrogen) atoms. The molecule has 0 spiro atoms. The second-order valence-electron chi connectivity index (χ2n) is 13.6. The van der Waals surface area contributed by atoms with E-state index >= 15 is 0 Å². The molecule has 0 aromatic carbocycles. The van der Waals surface area contributed by atoms with Crippen LogP contribution >= 0.6 is 0 Å². The first-order chi connectivity index (χ1) is 21.4. The summed E-state index contributed by atoms with van der Waals surface area (Å²) in [5, 5.41) is 2.98. The number of hydrogen-bond donors (Lipinski definition) is 2. The van der Waals surface area contributed by atoms with Gasteiger partial charge < -0.3 is 14.5 Å². The third kappa shape index (κ3) is 28.4. The maximum absolute atomic E-state index is 12.8. The second-order valence-corrected chi connectivity index (χ2v) is 15.1. The van der Waals surface area contributed by atoms with Crippen LogP contribution in [-0.2, 0) is 29.2 Å². The lowest BCUT2D eigenvalue weighted by atomic mass is 9.93. The largest absolute Gasteiger partial charge is 0.468 e. The number of nitrogens with zero attached hydrogens (tertiary/aromatic N) is 1. The van der Waals surface area contributed by atoms with E-state index in [1.807, 2.05) is 0 Å². The number of methoxy groups -OCH3 is 1. The Balaban J connectivity index is 3.89. The molecule has 0 radical (unpaired) electrons. The van der Waals surface area contributed by atoms with Crippen molar-refractivity contribution in [1.29, 1.82) is 0 Å². The average Bonchev–Trinajstić information content (AvgIpc) is 2.97. The summed E-state index contributed by atoms with van der Waals surface area (Å²) in [6.07, 6.45) is 23.0. The van der Waals surface area contributed by atoms with Crippen molar-refractivity contribution in [1.82, 2.24) is 5.32 Å². The van der Waals surface area contributed by atoms with Crippen molar-refractivity contribution in [2.75, 3.05) is 46.6 Å². The maximum Gasteiger partial charge on any atom is 0.316 e. The minimum absolute atomic E-state index is 0.0337. The van der Waals surface area contributed by atoms with Gasteiger partial charge in [0.05, 0.1) is 40.0 Å². The smallest absolute Gasteiger partial charge is 0.316 e. The van der Waals surface area contributed by atoms with Crippen LogP contribution in [-0.4, -0.2) is 81.7 Å². The van der Waals surface area contributed by atoms with E-state index in [-0.39, 0.29) is 17.4 Å². The Hall–Kier alpha value is -1.52. The minimum atomic E-state index is -3.88. The molecule has 0 unspecified atom stereocenters. The molecule has 0 aromatic rings. The molecule has 0 heterocycles. The number of ether oxygens (including phenoxy) is 1. The molecule has 0 saturated carbocycles. The zero-order valence-electron chi connectivity index (χ0n) is 29.4. The summed E-state index contributed by atoms with van der Waals surface area (Å²) in [6, 6.07) is 0. The molecule has 0 aliphatic carbocycles. The lowest BCUT2D eigenvalue weighted by molar-refractivity contribution is -0.890. The van der Waals surface area contributed by atoms with Crippen LogP contribution in [0.3, 0.4) is 0 Å². The Morgan fingerprint density at radius 2 is 1.18 bits per heavy atom. The van der Waals surface area contributed by atoms with Crippen molar-refractivity contribution in [2.45, 2.75) is 155 Å². The minimum Gasteiger partial charge on any atom is -0.468 e. The van der Waals surface area contributed by atoms with E-state index in [1.165, 1.54) is 52.1 Å². The standard InChI is InChI=1S/C35H68N2O7S/c1-5-6-7-8-9-10-14-17-20-27-34(39)36-28-22-21-25-32(35(40)44-4)33(38)26-19-16-13-11-12-15-18-23-29-37(2,3)30-24-31-45(41,42)43/h32H,5-31H2,1-4H3,(H-,36,39,41,42,43)/p+1/t32-/m0/s1. The lowest BCUT2D eigenvalue weighted by Gasteiger charge is -2.29. The van der Waals surface area contributed by atoms with E-state index in [4.69, 9.17) is 9.29 Å². The highest BCUT2D eigenvalue weighted by atomic mass is 32.2. The predicted octanol–water partition coefficient (Wildman–Crippen LogP) is 7.42. The van der Waals surface area contributed by atoms with E-state index in [0.29, 0.717) is 38.6 Å². The van der Waals surface area contributed by atoms with Gasteiger partial charge in [0.1, 0.15) is 11.7 Å². The van der Waals surface area contributed by atoms with E-state index in [0.717, 1.165) is 88.2 Å². The van der Waals surface area contributed by atoms with E-state index in [1.54, 1.807) is 0 Å². The van der Waals surface area contributed by atoms with Crippen molar-refractivity contribution < 1.29 is 36.6 Å². The number of esters is 1. The van der Waals surface area contributed by atoms with Gasteiger partial charge in [0.15, 0.2) is 0 Å². The normalized spacial score (nSPS) is 12.6. The van der Waals surface area contributed by atoms with Crippen LogP contribution in [0, 0.1) is 5.92 Å². The number of unbranched alkanes of at least 4 members (excludes halogenated alkanes) is 16. The SMILES string of the molecule is CCCCCCCCCCCC(=O)NCCCC[C@@H](C(=O)CCCCCCCCCC[N+](C)(C)CCCS(=O)(=O)O)C(=O)OC. The van der Waals surface area contributed by atoms with Crippen molar-refractivity contribution >= 4 is 27.8 Å². The van der Waals surface area contributed by atoms with Gasteiger partial charge >= 0.3 is 5.97 Å². The van der Waals surface area contributed by atoms with Gasteiger partial charge in [0.25, 0.3) is 10.1 Å². The van der Waals surface area contributed by atoms with Crippen LogP contribution in [0.2, 0.25) is 0 Å². The average molecular weight is 662 g/mol. The van der Waals surface area contributed by atoms with E-state index in [9.17, 15) is 22.8 Å². The number of quaternary nitrogens is 1. The predicted molar refractivity (Wildman–Crippen MR) is 184 cm³/mol. The fourth-order valence-electron chi connectivity index (χ4n) is 5.80. The van der Waals surface area contributed by atoms with E-state index < -0.39 is 22.0 Å². The van der Waals surface area contributed by atoms with Crippen molar-refractivity contribution in [3.05, 3.63) is 0 Å². The van der Waals surface area contributed by atoms with Gasteiger partial charge in [-0.1, -0.05) is 96.8 Å². The van der Waals surface area contributed by atoms with Crippen LogP contribution in [0.5, 0.6) is 0 Å². The zero-order chi connectivity index (χ0) is 33.8. The number of carbonyl (C=O) groups excluding carboxylic acids is 3. The fraction of sp³-hybridized carbons (Fsp3) is 0.914. The molecule has 0 bridgehead atoms. The molecular weight excluding hydrogens is 592 g/mol. The number of Topliss-reactive ketones (excluding diaryl/α,β-unsaturated/α-hetero) is 1. The quantitative estimate of drug-likeness (QED) is 0.0253. The Bertz CT molecular complexity index is 877. The van der Waals surface area contributed by atoms with Gasteiger partial charge in [-0.3, -0.25) is 18.9 Å². The molecule has 0 aromatic heterocycles. The van der Waals surface area contributed by atoms with Crippen LogP contribution in [0.4, 0.5) is 0 Å². The molecular formula is C35H69N2O7S+. The van der Waals surface area contributed by atoms with Crippen molar-refractivity contribution in [3.63, 3.8) is 0 Å². The number of hydrogen-bond acceptors (Lipinski definition) is 6. The van der Waals surface area contributed by atoms with E-state index in [2.05, 4.69) is 26.3 Å². The summed E-state index contributed by atoms with van der Waals surface area (Å²) in [5.41, 5.74) is 0. The summed E-state index contributed by atoms with van der Waals surface area (Å²) in [7, 11) is 1.64. The van der Waals surface area contributed by atoms with Crippen molar-refractivity contribution in [2.24, 2.45) is 5.92 Å². The number of nitrogens with one attached hydrogen (secondary N) is 1. The molecule has 0 rings (SSSR count). The Kier molecular flexibility index (Phi) is 26.6. The van der Waals surface area contributed by atoms with Gasteiger partial charge in [0.2, 0.25) is 5.91 Å². The van der Waals surface area contributed by atoms with Gasteiger partial charge in [-0.2, -0.15) is 8.42 Å². The van der Waals surface area contributed by atoms with Crippen LogP contribution < -0.4 is 5.32 Å². The Morgan fingerprint density at radius 3 is 1.71 bits per heavy atom. The molecule has 2 N–H and O–H groups in total. The first-order valence-electron chi connectivity index (χ1n) is 18.1. The van der Waals surface area contributed by atoms with Gasteiger partial charge in [-0.15, -0.1) is 0 Å². The second kappa shape index (κ2) is 27.6. The Morgan fingerprint density at radius 1 is 0.689 bits per heavy atom. The highest BCUT2D eigenvalue weighted by Crippen LogP contribution is 2.17. The lowest BCUT2D eigenvalue weighted by Crippen LogP contribution is -2.41. The van der Waals surface area contributed by atoms with Crippen LogP contribution in [0.25, 0.3) is 0 Å².